The summed E-state index contributed by atoms with van der Waals surface area (Å²) in [5.74, 6) is 0.607. The minimum atomic E-state index is -0.983. The van der Waals surface area contributed by atoms with Crippen LogP contribution >= 0.6 is 0 Å². The molecule has 1 N–H and O–H groups in total. The Morgan fingerprint density at radius 1 is 1.26 bits per heavy atom. The molecule has 120 valence electrons. The second-order valence-corrected chi connectivity index (χ2v) is 7.14. The minimum absolute atomic E-state index is 0.560. The molecule has 23 heavy (non-hydrogen) atoms. The number of nitrogens with one attached hydrogen (secondary N) is 1. The van der Waals surface area contributed by atoms with Crippen LogP contribution in [0.4, 0.5) is 0 Å². The summed E-state index contributed by atoms with van der Waals surface area (Å²) in [6, 6.07) is 10.5. The van der Waals surface area contributed by atoms with Crippen LogP contribution in [0.2, 0.25) is 0 Å². The van der Waals surface area contributed by atoms with E-state index in [4.69, 9.17) is 0 Å². The number of nitrogens with zero attached hydrogens (tertiary/aromatic N) is 2. The molecule has 2 aromatic heterocycles. The van der Waals surface area contributed by atoms with Gasteiger partial charge in [-0.05, 0) is 30.2 Å². The van der Waals surface area contributed by atoms with Gasteiger partial charge in [-0.1, -0.05) is 25.1 Å². The molecule has 0 aliphatic carbocycles. The maximum Gasteiger partial charge on any atom is 0.0915 e. The molecular weight excluding hydrogens is 306 g/mol. The van der Waals surface area contributed by atoms with E-state index in [2.05, 4.69) is 58.6 Å². The Kier molecular flexibility index (Phi) is 4.59. The van der Waals surface area contributed by atoms with E-state index in [0.29, 0.717) is 12.3 Å². The van der Waals surface area contributed by atoms with E-state index in [-0.39, 0.29) is 0 Å². The van der Waals surface area contributed by atoms with E-state index < -0.39 is 11.0 Å². The lowest BCUT2D eigenvalue weighted by Crippen LogP contribution is -2.18. The molecule has 1 aromatic carbocycles. The summed E-state index contributed by atoms with van der Waals surface area (Å²) in [6.07, 6.45) is 3.71. The Labute approximate surface area is 139 Å². The summed E-state index contributed by atoms with van der Waals surface area (Å²) in [7, 11) is 1.10. The van der Waals surface area contributed by atoms with E-state index in [1.54, 1.807) is 0 Å². The quantitative estimate of drug-likeness (QED) is 0.781. The lowest BCUT2D eigenvalue weighted by atomic mass is 10.1. The predicted octanol–water partition coefficient (Wildman–Crippen LogP) is 3.32. The zero-order valence-electron chi connectivity index (χ0n) is 13.7. The Morgan fingerprint density at radius 3 is 2.78 bits per heavy atom. The molecule has 0 saturated carbocycles. The number of para-hydroxylation sites is 1. The van der Waals surface area contributed by atoms with Gasteiger partial charge in [-0.3, -0.25) is 4.98 Å². The lowest BCUT2D eigenvalue weighted by molar-refractivity contribution is 0.672. The smallest absolute Gasteiger partial charge is 0.0915 e. The molecule has 0 aliphatic heterocycles. The number of rotatable bonds is 5. The molecule has 0 amide bonds. The second-order valence-electron chi connectivity index (χ2n) is 5.59. The van der Waals surface area contributed by atoms with Crippen molar-refractivity contribution in [3.63, 3.8) is 0 Å². The number of hydrogen-bond acceptors (Lipinski definition) is 2. The summed E-state index contributed by atoms with van der Waals surface area (Å²) in [6.45, 7) is 4.61. The van der Waals surface area contributed by atoms with E-state index in [1.165, 1.54) is 22.2 Å². The summed E-state index contributed by atoms with van der Waals surface area (Å²) in [5, 5.41) is 1.26. The third-order valence-corrected chi connectivity index (χ3v) is 5.12. The SMILES string of the molecule is CCS(=O)NCc1cncc(-c2c(C)c3ccccc3n2C)c1. The number of aromatic nitrogens is 2. The van der Waals surface area contributed by atoms with Crippen LogP contribution < -0.4 is 4.72 Å². The normalized spacial score (nSPS) is 12.7. The first-order valence-corrected chi connectivity index (χ1v) is 9.04. The van der Waals surface area contributed by atoms with Crippen LogP contribution in [0.5, 0.6) is 0 Å². The largest absolute Gasteiger partial charge is 0.343 e. The van der Waals surface area contributed by atoms with Gasteiger partial charge in [0, 0.05) is 48.2 Å². The molecule has 1 unspecified atom stereocenters. The molecule has 0 saturated heterocycles. The zero-order valence-corrected chi connectivity index (χ0v) is 14.5. The van der Waals surface area contributed by atoms with Crippen LogP contribution in [0, 0.1) is 6.92 Å². The maximum absolute atomic E-state index is 11.5. The average molecular weight is 327 g/mol. The third-order valence-electron chi connectivity index (χ3n) is 4.13. The van der Waals surface area contributed by atoms with Crippen molar-refractivity contribution in [2.45, 2.75) is 20.4 Å². The van der Waals surface area contributed by atoms with Crippen molar-refractivity contribution in [3.05, 3.63) is 53.9 Å². The van der Waals surface area contributed by atoms with Gasteiger partial charge in [-0.15, -0.1) is 0 Å². The van der Waals surface area contributed by atoms with Gasteiger partial charge in [-0.2, -0.15) is 0 Å². The first-order valence-electron chi connectivity index (χ1n) is 7.72. The van der Waals surface area contributed by atoms with Crippen LogP contribution in [0.25, 0.3) is 22.2 Å². The number of aryl methyl sites for hydroxylation is 2. The van der Waals surface area contributed by atoms with Crippen LogP contribution in [-0.2, 0) is 24.6 Å². The fourth-order valence-electron chi connectivity index (χ4n) is 2.97. The van der Waals surface area contributed by atoms with Gasteiger partial charge < -0.3 is 4.57 Å². The topological polar surface area (TPSA) is 46.9 Å². The van der Waals surface area contributed by atoms with Crippen molar-refractivity contribution in [2.24, 2.45) is 7.05 Å². The number of pyridine rings is 1. The highest BCUT2D eigenvalue weighted by molar-refractivity contribution is 7.82. The van der Waals surface area contributed by atoms with E-state index in [1.807, 2.05) is 19.3 Å². The molecule has 1 atom stereocenters. The van der Waals surface area contributed by atoms with Gasteiger partial charge in [0.2, 0.25) is 0 Å². The number of benzene rings is 1. The van der Waals surface area contributed by atoms with Crippen LogP contribution in [0.15, 0.2) is 42.7 Å². The molecule has 3 aromatic rings. The minimum Gasteiger partial charge on any atom is -0.343 e. The highest BCUT2D eigenvalue weighted by atomic mass is 32.2. The first-order chi connectivity index (χ1) is 11.1. The first kappa shape index (κ1) is 15.9. The molecule has 0 aliphatic rings. The molecule has 0 fully saturated rings. The van der Waals surface area contributed by atoms with E-state index >= 15 is 0 Å². The third kappa shape index (κ3) is 3.07. The molecule has 0 radical (unpaired) electrons. The average Bonchev–Trinajstić information content (AvgIpc) is 2.84. The Bertz CT molecular complexity index is 831. The summed E-state index contributed by atoms with van der Waals surface area (Å²) in [5.41, 5.74) is 5.77. The van der Waals surface area contributed by atoms with Gasteiger partial charge in [0.05, 0.1) is 16.7 Å². The predicted molar refractivity (Wildman–Crippen MR) is 96.4 cm³/mol. The molecule has 0 bridgehead atoms. The van der Waals surface area contributed by atoms with Crippen molar-refractivity contribution in [1.29, 1.82) is 0 Å². The second kappa shape index (κ2) is 6.64. The Balaban J connectivity index is 2.01. The Morgan fingerprint density at radius 2 is 2.04 bits per heavy atom. The fraction of sp³-hybridized carbons (Fsp3) is 0.278. The van der Waals surface area contributed by atoms with Crippen molar-refractivity contribution >= 4 is 21.9 Å². The highest BCUT2D eigenvalue weighted by Gasteiger charge is 2.13. The summed E-state index contributed by atoms with van der Waals surface area (Å²) >= 11 is 0. The van der Waals surface area contributed by atoms with Crippen molar-refractivity contribution in [2.75, 3.05) is 5.75 Å². The van der Waals surface area contributed by atoms with Gasteiger partial charge in [0.25, 0.3) is 0 Å². The van der Waals surface area contributed by atoms with Crippen LogP contribution in [0.1, 0.15) is 18.1 Å². The standard InChI is InChI=1S/C18H21N3OS/c1-4-23(22)20-11-14-9-15(12-19-10-14)18-13(2)16-7-5-6-8-17(16)21(18)3/h5-10,12,20H,4,11H2,1-3H3. The number of hydrogen-bond donors (Lipinski definition) is 1. The van der Waals surface area contributed by atoms with Gasteiger partial charge >= 0.3 is 0 Å². The van der Waals surface area contributed by atoms with Crippen LogP contribution in [0.3, 0.4) is 0 Å². The van der Waals surface area contributed by atoms with Crippen molar-refractivity contribution in [1.82, 2.24) is 14.3 Å². The molecule has 5 heteroatoms. The summed E-state index contributed by atoms with van der Waals surface area (Å²) < 4.78 is 16.8. The van der Waals surface area contributed by atoms with Crippen molar-refractivity contribution < 1.29 is 4.21 Å². The molecule has 4 nitrogen and oxygen atoms in total. The summed E-state index contributed by atoms with van der Waals surface area (Å²) in [4.78, 5) is 4.36. The molecular formula is C18H21N3OS. The zero-order chi connectivity index (χ0) is 16.4. The van der Waals surface area contributed by atoms with E-state index in [0.717, 1.165) is 11.1 Å². The van der Waals surface area contributed by atoms with Gasteiger partial charge in [0.15, 0.2) is 0 Å². The van der Waals surface area contributed by atoms with Gasteiger partial charge in [0.1, 0.15) is 0 Å². The molecule has 3 rings (SSSR count). The van der Waals surface area contributed by atoms with Gasteiger partial charge in [-0.25, -0.2) is 8.93 Å². The molecule has 0 spiro atoms. The van der Waals surface area contributed by atoms with Crippen LogP contribution in [-0.4, -0.2) is 19.5 Å². The maximum atomic E-state index is 11.5. The highest BCUT2D eigenvalue weighted by Crippen LogP contribution is 2.32. The van der Waals surface area contributed by atoms with E-state index in [9.17, 15) is 4.21 Å². The number of fused-ring (bicyclic) bond motifs is 1. The monoisotopic (exact) mass is 327 g/mol. The van der Waals surface area contributed by atoms with Crippen molar-refractivity contribution in [3.8, 4) is 11.3 Å². The lowest BCUT2D eigenvalue weighted by Gasteiger charge is -2.08. The Hall–Kier alpha value is -1.98. The molecule has 2 heterocycles. The fourth-order valence-corrected chi connectivity index (χ4v) is 3.50.